The Morgan fingerprint density at radius 3 is 1.73 bits per heavy atom. The fourth-order valence-electron chi connectivity index (χ4n) is 8.37. The van der Waals surface area contributed by atoms with Crippen molar-refractivity contribution >= 4 is 64.3 Å². The molecule has 0 saturated carbocycles. The second-order valence-electron chi connectivity index (χ2n) is 13.9. The summed E-state index contributed by atoms with van der Waals surface area (Å²) in [6.07, 6.45) is 0. The molecule has 0 bridgehead atoms. The summed E-state index contributed by atoms with van der Waals surface area (Å²) in [5.74, 6) is 0. The molecule has 0 atom stereocenters. The van der Waals surface area contributed by atoms with Crippen molar-refractivity contribution in [3.8, 4) is 33.6 Å². The van der Waals surface area contributed by atoms with E-state index in [2.05, 4.69) is 175 Å². The number of hydrogen-bond acceptors (Lipinski definition) is 0. The molecular formula is C45H33AlN2. The molecule has 48 heavy (non-hydrogen) atoms. The number of para-hydroxylation sites is 2. The fraction of sp³-hybridized carbons (Fsp3) is 0.0667. The maximum absolute atomic E-state index is 2.46. The molecule has 9 aromatic rings. The maximum atomic E-state index is 2.46. The summed E-state index contributed by atoms with van der Waals surface area (Å²) in [5, 5.41) is 5.13. The third-order valence-electron chi connectivity index (χ3n) is 10.8. The van der Waals surface area contributed by atoms with E-state index in [1.807, 2.05) is 0 Å². The zero-order chi connectivity index (χ0) is 32.1. The average molecular weight is 629 g/mol. The smallest absolute Gasteiger partial charge is 0.258 e. The number of rotatable bonds is 3. The molecule has 0 aliphatic heterocycles. The second kappa shape index (κ2) is 10.1. The van der Waals surface area contributed by atoms with Gasteiger partial charge < -0.3 is 9.13 Å². The first-order valence-electron chi connectivity index (χ1n) is 16.9. The molecule has 0 spiro atoms. The van der Waals surface area contributed by atoms with Crippen LogP contribution in [-0.4, -0.2) is 25.4 Å². The molecule has 2 nitrogen and oxygen atoms in total. The minimum atomic E-state index is -0.0574. The Hall–Kier alpha value is -5.33. The van der Waals surface area contributed by atoms with Crippen molar-refractivity contribution in [3.63, 3.8) is 0 Å². The van der Waals surface area contributed by atoms with E-state index in [1.54, 1.807) is 0 Å². The van der Waals surface area contributed by atoms with Gasteiger partial charge in [-0.1, -0.05) is 98.8 Å². The van der Waals surface area contributed by atoms with Gasteiger partial charge in [-0.15, -0.1) is 4.43 Å². The van der Waals surface area contributed by atoms with Gasteiger partial charge in [0.2, 0.25) is 0 Å². The molecule has 0 N–H and O–H groups in total. The Morgan fingerprint density at radius 1 is 0.417 bits per heavy atom. The molecule has 0 radical (unpaired) electrons. The van der Waals surface area contributed by atoms with Gasteiger partial charge in [-0.05, 0) is 100 Å². The molecule has 1 aliphatic carbocycles. The zero-order valence-corrected chi connectivity index (χ0v) is 29.3. The third-order valence-corrected chi connectivity index (χ3v) is 11.4. The fourth-order valence-corrected chi connectivity index (χ4v) is 8.71. The summed E-state index contributed by atoms with van der Waals surface area (Å²) in [7, 11) is 0. The molecule has 3 heteroatoms. The van der Waals surface area contributed by atoms with Crippen molar-refractivity contribution in [1.82, 2.24) is 9.13 Å². The Labute approximate surface area is 287 Å². The van der Waals surface area contributed by atoms with Crippen LogP contribution in [0.1, 0.15) is 25.0 Å². The van der Waals surface area contributed by atoms with Crippen LogP contribution in [0.4, 0.5) is 0 Å². The van der Waals surface area contributed by atoms with E-state index < -0.39 is 0 Å². The number of fused-ring (bicyclic) bond motifs is 9. The molecule has 0 saturated heterocycles. The SMILES string of the molecule is CC1(C)c2ccccc2-c2cc3c4cc(-c5ccc6c(c5)c5ccccc5n6-c5cc[c]([AlH2])cc5)ccc4n(-c4ccccc4)c3cc21. The summed E-state index contributed by atoms with van der Waals surface area (Å²) in [5.41, 5.74) is 15.3. The number of nitrogens with zero attached hydrogens (tertiary/aromatic N) is 2. The number of hydrogen-bond donors (Lipinski definition) is 0. The van der Waals surface area contributed by atoms with Crippen molar-refractivity contribution in [3.05, 3.63) is 163 Å². The van der Waals surface area contributed by atoms with E-state index in [0.717, 1.165) is 16.3 Å². The van der Waals surface area contributed by atoms with Gasteiger partial charge >= 0.3 is 0 Å². The Morgan fingerprint density at radius 2 is 0.979 bits per heavy atom. The molecule has 2 heterocycles. The summed E-state index contributed by atoms with van der Waals surface area (Å²) in [6, 6.07) is 56.6. The van der Waals surface area contributed by atoms with Crippen molar-refractivity contribution in [2.75, 3.05) is 0 Å². The normalized spacial score (nSPS) is 13.5. The van der Waals surface area contributed by atoms with E-state index in [9.17, 15) is 0 Å². The predicted molar refractivity (Wildman–Crippen MR) is 206 cm³/mol. The van der Waals surface area contributed by atoms with Gasteiger partial charge in [0.05, 0.1) is 22.1 Å². The molecule has 7 aromatic carbocycles. The molecule has 1 aliphatic rings. The minimum Gasteiger partial charge on any atom is -0.309 e. The van der Waals surface area contributed by atoms with Gasteiger partial charge in [0, 0.05) is 38.3 Å². The van der Waals surface area contributed by atoms with Crippen LogP contribution < -0.4 is 4.43 Å². The van der Waals surface area contributed by atoms with Crippen molar-refractivity contribution < 1.29 is 0 Å². The quantitative estimate of drug-likeness (QED) is 0.172. The van der Waals surface area contributed by atoms with Gasteiger partial charge in [-0.2, -0.15) is 0 Å². The Bertz CT molecular complexity index is 2740. The summed E-state index contributed by atoms with van der Waals surface area (Å²) in [6.45, 7) is 4.73. The number of benzene rings is 7. The summed E-state index contributed by atoms with van der Waals surface area (Å²) >= 11 is 1.06. The Balaban J connectivity index is 1.22. The van der Waals surface area contributed by atoms with Crippen LogP contribution in [0, 0.1) is 0 Å². The van der Waals surface area contributed by atoms with Crippen molar-refractivity contribution in [1.29, 1.82) is 0 Å². The highest BCUT2D eigenvalue weighted by atomic mass is 27.0. The van der Waals surface area contributed by atoms with E-state index in [4.69, 9.17) is 0 Å². The average Bonchev–Trinajstić information content (AvgIpc) is 3.71. The number of aromatic nitrogens is 2. The first-order valence-corrected chi connectivity index (χ1v) is 17.9. The molecule has 226 valence electrons. The predicted octanol–water partition coefficient (Wildman–Crippen LogP) is 10.1. The lowest BCUT2D eigenvalue weighted by molar-refractivity contribution is 0.661. The van der Waals surface area contributed by atoms with Gasteiger partial charge in [-0.25, -0.2) is 0 Å². The Kier molecular flexibility index (Phi) is 5.83. The van der Waals surface area contributed by atoms with Gasteiger partial charge in [-0.3, -0.25) is 0 Å². The summed E-state index contributed by atoms with van der Waals surface area (Å²) in [4.78, 5) is 0. The highest BCUT2D eigenvalue weighted by Gasteiger charge is 2.36. The van der Waals surface area contributed by atoms with Crippen LogP contribution in [0.25, 0.3) is 77.2 Å². The lowest BCUT2D eigenvalue weighted by Gasteiger charge is -2.21. The first-order chi connectivity index (χ1) is 23.5. The largest absolute Gasteiger partial charge is 0.309 e. The molecule has 10 rings (SSSR count). The van der Waals surface area contributed by atoms with E-state index in [1.165, 1.54) is 92.8 Å². The highest BCUT2D eigenvalue weighted by Crippen LogP contribution is 2.51. The van der Waals surface area contributed by atoms with Crippen LogP contribution in [-0.2, 0) is 5.41 Å². The highest BCUT2D eigenvalue weighted by molar-refractivity contribution is 6.32. The topological polar surface area (TPSA) is 9.86 Å². The van der Waals surface area contributed by atoms with Gasteiger partial charge in [0.1, 0.15) is 0 Å². The second-order valence-corrected chi connectivity index (χ2v) is 15.1. The zero-order valence-electron chi connectivity index (χ0n) is 27.3. The van der Waals surface area contributed by atoms with Crippen LogP contribution in [0.5, 0.6) is 0 Å². The molecule has 0 unspecified atom stereocenters. The van der Waals surface area contributed by atoms with Gasteiger partial charge in [0.25, 0.3) is 16.3 Å². The monoisotopic (exact) mass is 628 g/mol. The van der Waals surface area contributed by atoms with Crippen molar-refractivity contribution in [2.24, 2.45) is 0 Å². The van der Waals surface area contributed by atoms with Crippen LogP contribution >= 0.6 is 0 Å². The summed E-state index contributed by atoms with van der Waals surface area (Å²) < 4.78 is 6.27. The van der Waals surface area contributed by atoms with E-state index in [0.29, 0.717) is 0 Å². The van der Waals surface area contributed by atoms with Gasteiger partial charge in [0.15, 0.2) is 0 Å². The van der Waals surface area contributed by atoms with Crippen molar-refractivity contribution in [2.45, 2.75) is 19.3 Å². The molecular weight excluding hydrogens is 595 g/mol. The third kappa shape index (κ3) is 3.87. The maximum Gasteiger partial charge on any atom is 0.258 e. The van der Waals surface area contributed by atoms with E-state index >= 15 is 0 Å². The van der Waals surface area contributed by atoms with Crippen LogP contribution in [0.2, 0.25) is 0 Å². The van der Waals surface area contributed by atoms with Crippen LogP contribution in [0.3, 0.4) is 0 Å². The molecule has 2 aromatic heterocycles. The van der Waals surface area contributed by atoms with E-state index in [-0.39, 0.29) is 5.41 Å². The molecule has 0 fully saturated rings. The lowest BCUT2D eigenvalue weighted by atomic mass is 9.82. The lowest BCUT2D eigenvalue weighted by Crippen LogP contribution is -2.14. The first kappa shape index (κ1) is 27.8. The molecule has 0 amide bonds. The standard InChI is InChI=1S/C45H31N2.Al.2H/c1-45(2)39-19-11-9-17-33(39)35-27-38-37-26-30(22-24-43(37)47(44(38)28-40(35)45)32-15-7-4-8-16-32)29-21-23-42-36(25-29)34-18-10-12-20-41(34)46(42)31-13-5-3-6-14-31;;;/h4-28H,1-2H3;;;. The van der Waals surface area contributed by atoms with Crippen LogP contribution in [0.15, 0.2) is 152 Å². The minimum absolute atomic E-state index is 0.0574.